The van der Waals surface area contributed by atoms with E-state index >= 15 is 0 Å². The number of aromatic nitrogens is 2. The van der Waals surface area contributed by atoms with Crippen molar-refractivity contribution in [2.45, 2.75) is 51.5 Å². The number of hydrogen-bond donors (Lipinski definition) is 1. The van der Waals surface area contributed by atoms with Crippen LogP contribution in [0.2, 0.25) is 0 Å². The maximum Gasteiger partial charge on any atom is 0.225 e. The summed E-state index contributed by atoms with van der Waals surface area (Å²) in [4.78, 5) is 11.4. The number of hydrogen-bond acceptors (Lipinski definition) is 2. The molecule has 0 saturated heterocycles. The first-order chi connectivity index (χ1) is 7.81. The highest BCUT2D eigenvalue weighted by Crippen LogP contribution is 2.29. The Morgan fingerprint density at radius 2 is 2.25 bits per heavy atom. The van der Waals surface area contributed by atoms with Crippen molar-refractivity contribution in [3.8, 4) is 0 Å². The van der Waals surface area contributed by atoms with Crippen LogP contribution in [0.3, 0.4) is 0 Å². The zero-order valence-corrected chi connectivity index (χ0v) is 9.78. The monoisotopic (exact) mass is 221 g/mol. The smallest absolute Gasteiger partial charge is 0.225 e. The molecule has 0 spiro atoms. The molecule has 0 atom stereocenters. The Balaban J connectivity index is 2.08. The Labute approximate surface area is 96.0 Å². The molecule has 2 rings (SSSR count). The van der Waals surface area contributed by atoms with Crippen molar-refractivity contribution in [2.75, 3.05) is 5.32 Å². The van der Waals surface area contributed by atoms with Crippen molar-refractivity contribution in [2.24, 2.45) is 0 Å². The first kappa shape index (κ1) is 11.2. The zero-order chi connectivity index (χ0) is 11.4. The standard InChI is InChI=1S/C12H19N3O/c1-2-12(16)14-11-8-9-13-15(11)10-6-4-3-5-7-10/h8-10H,2-7H2,1H3,(H,14,16). The number of carbonyl (C=O) groups is 1. The number of nitrogens with zero attached hydrogens (tertiary/aromatic N) is 2. The van der Waals surface area contributed by atoms with Gasteiger partial charge in [0.25, 0.3) is 0 Å². The fourth-order valence-corrected chi connectivity index (χ4v) is 2.26. The van der Waals surface area contributed by atoms with Gasteiger partial charge in [-0.3, -0.25) is 4.79 Å². The molecule has 4 nitrogen and oxygen atoms in total. The third-order valence-corrected chi connectivity index (χ3v) is 3.18. The van der Waals surface area contributed by atoms with Gasteiger partial charge >= 0.3 is 0 Å². The molecule has 0 bridgehead atoms. The van der Waals surface area contributed by atoms with Crippen LogP contribution >= 0.6 is 0 Å². The first-order valence-corrected chi connectivity index (χ1v) is 6.14. The van der Waals surface area contributed by atoms with E-state index in [0.717, 1.165) is 5.82 Å². The molecule has 0 aromatic carbocycles. The molecule has 88 valence electrons. The lowest BCUT2D eigenvalue weighted by atomic mass is 9.96. The molecule has 1 N–H and O–H groups in total. The van der Waals surface area contributed by atoms with Gasteiger partial charge in [-0.05, 0) is 12.8 Å². The lowest BCUT2D eigenvalue weighted by molar-refractivity contribution is -0.115. The van der Waals surface area contributed by atoms with E-state index in [-0.39, 0.29) is 5.91 Å². The summed E-state index contributed by atoms with van der Waals surface area (Å²) in [6.07, 6.45) is 8.49. The van der Waals surface area contributed by atoms with E-state index < -0.39 is 0 Å². The highest BCUT2D eigenvalue weighted by molar-refractivity contribution is 5.89. The van der Waals surface area contributed by atoms with E-state index in [4.69, 9.17) is 0 Å². The van der Waals surface area contributed by atoms with Crippen LogP contribution in [0.15, 0.2) is 12.3 Å². The maximum atomic E-state index is 11.4. The molecule has 0 radical (unpaired) electrons. The van der Waals surface area contributed by atoms with E-state index in [9.17, 15) is 4.79 Å². The first-order valence-electron chi connectivity index (χ1n) is 6.14. The van der Waals surface area contributed by atoms with E-state index in [1.807, 2.05) is 17.7 Å². The highest BCUT2D eigenvalue weighted by Gasteiger charge is 2.18. The summed E-state index contributed by atoms with van der Waals surface area (Å²) in [6, 6.07) is 2.35. The van der Waals surface area contributed by atoms with Gasteiger partial charge in [-0.15, -0.1) is 0 Å². The van der Waals surface area contributed by atoms with Gasteiger partial charge in [0, 0.05) is 12.5 Å². The quantitative estimate of drug-likeness (QED) is 0.853. The van der Waals surface area contributed by atoms with Gasteiger partial charge in [-0.2, -0.15) is 5.10 Å². The van der Waals surface area contributed by atoms with Crippen LogP contribution in [0.25, 0.3) is 0 Å². The van der Waals surface area contributed by atoms with Crippen LogP contribution in [0.1, 0.15) is 51.5 Å². The summed E-state index contributed by atoms with van der Waals surface area (Å²) in [7, 11) is 0. The molecular formula is C12H19N3O. The molecule has 0 aliphatic heterocycles. The second-order valence-electron chi connectivity index (χ2n) is 4.35. The Hall–Kier alpha value is -1.32. The van der Waals surface area contributed by atoms with Gasteiger partial charge in [-0.1, -0.05) is 26.2 Å². The summed E-state index contributed by atoms with van der Waals surface area (Å²) < 4.78 is 1.98. The molecule has 1 aromatic rings. The van der Waals surface area contributed by atoms with Gasteiger partial charge in [0.1, 0.15) is 5.82 Å². The molecular weight excluding hydrogens is 202 g/mol. The minimum absolute atomic E-state index is 0.0533. The normalized spacial score (nSPS) is 17.3. The molecule has 1 saturated carbocycles. The summed E-state index contributed by atoms with van der Waals surface area (Å²) in [5, 5.41) is 7.23. The predicted molar refractivity (Wildman–Crippen MR) is 63.3 cm³/mol. The average Bonchev–Trinajstić information content (AvgIpc) is 2.78. The molecule has 1 aliphatic rings. The van der Waals surface area contributed by atoms with Crippen LogP contribution in [0.4, 0.5) is 5.82 Å². The van der Waals surface area contributed by atoms with Gasteiger partial charge in [0.2, 0.25) is 5.91 Å². The molecule has 1 amide bonds. The SMILES string of the molecule is CCC(=O)Nc1ccnn1C1CCCCC1. The number of nitrogens with one attached hydrogen (secondary N) is 1. The minimum atomic E-state index is 0.0533. The second kappa shape index (κ2) is 5.14. The van der Waals surface area contributed by atoms with Gasteiger partial charge in [0.05, 0.1) is 12.2 Å². The van der Waals surface area contributed by atoms with E-state index in [1.54, 1.807) is 6.20 Å². The average molecular weight is 221 g/mol. The van der Waals surface area contributed by atoms with Crippen LogP contribution in [0.5, 0.6) is 0 Å². The van der Waals surface area contributed by atoms with Crippen molar-refractivity contribution >= 4 is 11.7 Å². The van der Waals surface area contributed by atoms with Crippen LogP contribution in [-0.4, -0.2) is 15.7 Å². The minimum Gasteiger partial charge on any atom is -0.311 e. The topological polar surface area (TPSA) is 46.9 Å². The fraction of sp³-hybridized carbons (Fsp3) is 0.667. The molecule has 0 unspecified atom stereocenters. The van der Waals surface area contributed by atoms with Crippen molar-refractivity contribution in [1.82, 2.24) is 9.78 Å². The Morgan fingerprint density at radius 1 is 1.50 bits per heavy atom. The lowest BCUT2D eigenvalue weighted by Gasteiger charge is -2.23. The number of amides is 1. The number of rotatable bonds is 3. The Bertz CT molecular complexity index is 353. The lowest BCUT2D eigenvalue weighted by Crippen LogP contribution is -2.19. The zero-order valence-electron chi connectivity index (χ0n) is 9.78. The molecule has 1 fully saturated rings. The highest BCUT2D eigenvalue weighted by atomic mass is 16.1. The molecule has 16 heavy (non-hydrogen) atoms. The van der Waals surface area contributed by atoms with E-state index in [0.29, 0.717) is 12.5 Å². The summed E-state index contributed by atoms with van der Waals surface area (Å²) in [5.74, 6) is 0.899. The second-order valence-corrected chi connectivity index (χ2v) is 4.35. The molecule has 1 aromatic heterocycles. The fourth-order valence-electron chi connectivity index (χ4n) is 2.26. The third kappa shape index (κ3) is 2.43. The maximum absolute atomic E-state index is 11.4. The molecule has 4 heteroatoms. The van der Waals surface area contributed by atoms with E-state index in [1.165, 1.54) is 32.1 Å². The van der Waals surface area contributed by atoms with Gasteiger partial charge in [0.15, 0.2) is 0 Å². The van der Waals surface area contributed by atoms with Crippen LogP contribution in [0, 0.1) is 0 Å². The third-order valence-electron chi connectivity index (χ3n) is 3.18. The summed E-state index contributed by atoms with van der Waals surface area (Å²) >= 11 is 0. The van der Waals surface area contributed by atoms with Crippen LogP contribution in [-0.2, 0) is 4.79 Å². The van der Waals surface area contributed by atoms with Gasteiger partial charge < -0.3 is 5.32 Å². The van der Waals surface area contributed by atoms with Gasteiger partial charge in [-0.25, -0.2) is 4.68 Å². The largest absolute Gasteiger partial charge is 0.311 e. The predicted octanol–water partition coefficient (Wildman–Crippen LogP) is 2.74. The van der Waals surface area contributed by atoms with E-state index in [2.05, 4.69) is 10.4 Å². The molecule has 1 heterocycles. The Morgan fingerprint density at radius 3 is 2.94 bits per heavy atom. The summed E-state index contributed by atoms with van der Waals surface area (Å²) in [5.41, 5.74) is 0. The molecule has 1 aliphatic carbocycles. The number of carbonyl (C=O) groups excluding carboxylic acids is 1. The van der Waals surface area contributed by atoms with Crippen LogP contribution < -0.4 is 5.32 Å². The van der Waals surface area contributed by atoms with Crippen molar-refractivity contribution in [1.29, 1.82) is 0 Å². The number of anilines is 1. The van der Waals surface area contributed by atoms with Crippen molar-refractivity contribution in [3.05, 3.63) is 12.3 Å². The Kier molecular flexibility index (Phi) is 3.59. The summed E-state index contributed by atoms with van der Waals surface area (Å²) in [6.45, 7) is 1.86. The van der Waals surface area contributed by atoms with Crippen molar-refractivity contribution in [3.63, 3.8) is 0 Å². The van der Waals surface area contributed by atoms with Crippen molar-refractivity contribution < 1.29 is 4.79 Å².